The zero-order valence-electron chi connectivity index (χ0n) is 22.5. The highest BCUT2D eigenvalue weighted by molar-refractivity contribution is 7.89. The Hall–Kier alpha value is -1.91. The van der Waals surface area contributed by atoms with Crippen LogP contribution >= 0.6 is 11.6 Å². The number of ether oxygens (including phenoxy) is 1. The SMILES string of the molecule is Cc1cc(S(=O)(=O)N2CCCCC2CCC(=O)N2CCn3c(CN4CCOCC4)ccc3C2)c(C)cc1Cl. The Morgan fingerprint density at radius 2 is 1.82 bits per heavy atom. The molecule has 0 aliphatic carbocycles. The van der Waals surface area contributed by atoms with Gasteiger partial charge in [0.15, 0.2) is 0 Å². The highest BCUT2D eigenvalue weighted by Crippen LogP contribution is 2.32. The van der Waals surface area contributed by atoms with Crippen LogP contribution in [0.2, 0.25) is 5.02 Å². The molecule has 10 heteroatoms. The molecule has 3 aliphatic heterocycles. The Morgan fingerprint density at radius 1 is 1.03 bits per heavy atom. The molecule has 0 bridgehead atoms. The van der Waals surface area contributed by atoms with Crippen LogP contribution in [-0.4, -0.2) is 78.4 Å². The van der Waals surface area contributed by atoms with Crippen LogP contribution in [-0.2, 0) is 39.2 Å². The van der Waals surface area contributed by atoms with Gasteiger partial charge in [-0.05, 0) is 68.5 Å². The molecule has 1 atom stereocenters. The van der Waals surface area contributed by atoms with Gasteiger partial charge in [0.25, 0.3) is 0 Å². The maximum absolute atomic E-state index is 13.7. The minimum atomic E-state index is -3.67. The number of morpholine rings is 1. The lowest BCUT2D eigenvalue weighted by atomic mass is 10.00. The molecule has 0 spiro atoms. The Morgan fingerprint density at radius 3 is 2.61 bits per heavy atom. The van der Waals surface area contributed by atoms with E-state index in [4.69, 9.17) is 16.3 Å². The van der Waals surface area contributed by atoms with E-state index in [-0.39, 0.29) is 11.9 Å². The van der Waals surface area contributed by atoms with Gasteiger partial charge >= 0.3 is 0 Å². The Bertz CT molecular complexity index is 1270. The van der Waals surface area contributed by atoms with E-state index < -0.39 is 10.0 Å². The number of amides is 1. The number of carbonyl (C=O) groups is 1. The molecule has 1 unspecified atom stereocenters. The number of nitrogens with zero attached hydrogens (tertiary/aromatic N) is 4. The fourth-order valence-corrected chi connectivity index (χ4v) is 8.24. The summed E-state index contributed by atoms with van der Waals surface area (Å²) in [5.74, 6) is 0.105. The lowest BCUT2D eigenvalue weighted by Gasteiger charge is -2.36. The standard InChI is InChI=1S/C28H39ClN4O4S/c1-21-18-27(22(2)17-26(21)29)38(35,36)33-10-4-3-5-23(33)8-9-28(34)31-11-12-32-24(6-7-25(32)20-31)19-30-13-15-37-16-14-30/h6-7,17-18,23H,3-5,8-16,19-20H2,1-2H3. The third kappa shape index (κ3) is 5.82. The topological polar surface area (TPSA) is 75.1 Å². The van der Waals surface area contributed by atoms with E-state index in [1.807, 2.05) is 11.8 Å². The van der Waals surface area contributed by atoms with Crippen molar-refractivity contribution in [2.75, 3.05) is 39.4 Å². The van der Waals surface area contributed by atoms with Gasteiger partial charge in [-0.25, -0.2) is 8.42 Å². The van der Waals surface area contributed by atoms with E-state index in [0.717, 1.165) is 64.2 Å². The van der Waals surface area contributed by atoms with Crippen LogP contribution < -0.4 is 0 Å². The van der Waals surface area contributed by atoms with E-state index in [1.165, 1.54) is 11.4 Å². The Labute approximate surface area is 231 Å². The van der Waals surface area contributed by atoms with Crippen LogP contribution in [0.15, 0.2) is 29.2 Å². The molecule has 3 aliphatic rings. The number of benzene rings is 1. The predicted octanol–water partition coefficient (Wildman–Crippen LogP) is 3.96. The van der Waals surface area contributed by atoms with Crippen molar-refractivity contribution in [2.24, 2.45) is 0 Å². The number of fused-ring (bicyclic) bond motifs is 1. The van der Waals surface area contributed by atoms with Gasteiger partial charge in [0.2, 0.25) is 15.9 Å². The zero-order valence-corrected chi connectivity index (χ0v) is 24.1. The highest BCUT2D eigenvalue weighted by atomic mass is 35.5. The third-order valence-corrected chi connectivity index (χ3v) is 10.8. The van der Waals surface area contributed by atoms with Crippen LogP contribution in [0.3, 0.4) is 0 Å². The summed E-state index contributed by atoms with van der Waals surface area (Å²) in [5, 5.41) is 0.572. The first kappa shape index (κ1) is 27.6. The van der Waals surface area contributed by atoms with Crippen LogP contribution in [0, 0.1) is 13.8 Å². The molecule has 2 fully saturated rings. The molecule has 0 saturated carbocycles. The van der Waals surface area contributed by atoms with Crippen molar-refractivity contribution in [3.8, 4) is 0 Å². The lowest BCUT2D eigenvalue weighted by molar-refractivity contribution is -0.133. The maximum atomic E-state index is 13.7. The van der Waals surface area contributed by atoms with E-state index in [0.29, 0.717) is 48.0 Å². The Kier molecular flexibility index (Phi) is 8.50. The largest absolute Gasteiger partial charge is 0.379 e. The van der Waals surface area contributed by atoms with Crippen molar-refractivity contribution in [1.82, 2.24) is 18.7 Å². The molecule has 2 aromatic rings. The molecule has 1 amide bonds. The summed E-state index contributed by atoms with van der Waals surface area (Å²) in [5.41, 5.74) is 3.88. The number of hydrogen-bond acceptors (Lipinski definition) is 5. The monoisotopic (exact) mass is 562 g/mol. The number of piperidine rings is 1. The summed E-state index contributed by atoms with van der Waals surface area (Å²) in [6.45, 7) is 10.6. The summed E-state index contributed by atoms with van der Waals surface area (Å²) in [7, 11) is -3.67. The second kappa shape index (κ2) is 11.7. The second-order valence-corrected chi connectivity index (χ2v) is 13.1. The van der Waals surface area contributed by atoms with Gasteiger partial charge in [-0.1, -0.05) is 18.0 Å². The van der Waals surface area contributed by atoms with Gasteiger partial charge in [-0.15, -0.1) is 0 Å². The van der Waals surface area contributed by atoms with Crippen molar-refractivity contribution >= 4 is 27.5 Å². The Balaban J connectivity index is 1.21. The number of carbonyl (C=O) groups excluding carboxylic acids is 1. The second-order valence-electron chi connectivity index (χ2n) is 10.8. The average Bonchev–Trinajstić information content (AvgIpc) is 3.31. The number of aromatic nitrogens is 1. The van der Waals surface area contributed by atoms with Crippen LogP contribution in [0.4, 0.5) is 0 Å². The predicted molar refractivity (Wildman–Crippen MR) is 148 cm³/mol. The van der Waals surface area contributed by atoms with Gasteiger partial charge in [-0.2, -0.15) is 4.31 Å². The smallest absolute Gasteiger partial charge is 0.243 e. The number of aryl methyl sites for hydroxylation is 2. The van der Waals surface area contributed by atoms with Gasteiger partial charge in [0.1, 0.15) is 0 Å². The maximum Gasteiger partial charge on any atom is 0.243 e. The molecule has 0 N–H and O–H groups in total. The molecular weight excluding hydrogens is 524 g/mol. The van der Waals surface area contributed by atoms with E-state index >= 15 is 0 Å². The van der Waals surface area contributed by atoms with Crippen molar-refractivity contribution in [1.29, 1.82) is 0 Å². The van der Waals surface area contributed by atoms with Gasteiger partial charge in [0, 0.05) is 68.1 Å². The summed E-state index contributed by atoms with van der Waals surface area (Å²) in [4.78, 5) is 17.9. The molecular formula is C28H39ClN4O4S. The van der Waals surface area contributed by atoms with E-state index in [1.54, 1.807) is 23.4 Å². The zero-order chi connectivity index (χ0) is 26.9. The van der Waals surface area contributed by atoms with Crippen molar-refractivity contribution < 1.29 is 17.9 Å². The molecule has 2 saturated heterocycles. The summed E-state index contributed by atoms with van der Waals surface area (Å²) < 4.78 is 36.8. The number of rotatable bonds is 7. The van der Waals surface area contributed by atoms with Crippen LogP contribution in [0.25, 0.3) is 0 Å². The molecule has 8 nitrogen and oxygen atoms in total. The third-order valence-electron chi connectivity index (χ3n) is 8.26. The minimum absolute atomic E-state index is 0.105. The molecule has 208 valence electrons. The van der Waals surface area contributed by atoms with Crippen molar-refractivity contribution in [2.45, 2.75) is 76.5 Å². The first-order valence-corrected chi connectivity index (χ1v) is 15.6. The normalized spacial score (nSPS) is 21.4. The number of hydrogen-bond donors (Lipinski definition) is 0. The number of halogens is 1. The lowest BCUT2D eigenvalue weighted by Crippen LogP contribution is -2.45. The van der Waals surface area contributed by atoms with E-state index in [2.05, 4.69) is 21.6 Å². The average molecular weight is 563 g/mol. The molecule has 38 heavy (non-hydrogen) atoms. The number of sulfonamides is 1. The first-order valence-electron chi connectivity index (χ1n) is 13.8. The summed E-state index contributed by atoms with van der Waals surface area (Å²) in [6, 6.07) is 7.57. The fraction of sp³-hybridized carbons (Fsp3) is 0.607. The van der Waals surface area contributed by atoms with Crippen LogP contribution in [0.5, 0.6) is 0 Å². The van der Waals surface area contributed by atoms with Gasteiger partial charge in [-0.3, -0.25) is 9.69 Å². The molecule has 0 radical (unpaired) electrons. The molecule has 5 rings (SSSR count). The quantitative estimate of drug-likeness (QED) is 0.511. The first-order chi connectivity index (χ1) is 18.2. The highest BCUT2D eigenvalue weighted by Gasteiger charge is 2.35. The fourth-order valence-electron chi connectivity index (χ4n) is 6.00. The van der Waals surface area contributed by atoms with Crippen molar-refractivity contribution in [3.05, 3.63) is 51.8 Å². The molecule has 1 aromatic heterocycles. The van der Waals surface area contributed by atoms with Crippen molar-refractivity contribution in [3.63, 3.8) is 0 Å². The van der Waals surface area contributed by atoms with E-state index in [9.17, 15) is 13.2 Å². The molecule has 4 heterocycles. The summed E-state index contributed by atoms with van der Waals surface area (Å²) >= 11 is 6.23. The van der Waals surface area contributed by atoms with Gasteiger partial charge < -0.3 is 14.2 Å². The van der Waals surface area contributed by atoms with Crippen LogP contribution in [0.1, 0.15) is 54.6 Å². The molecule has 1 aromatic carbocycles. The summed E-state index contributed by atoms with van der Waals surface area (Å²) in [6.07, 6.45) is 3.50. The van der Waals surface area contributed by atoms with Gasteiger partial charge in [0.05, 0.1) is 24.7 Å². The minimum Gasteiger partial charge on any atom is -0.379 e.